The lowest BCUT2D eigenvalue weighted by Gasteiger charge is -2.22. The molecule has 24 heavy (non-hydrogen) atoms. The number of nitriles is 1. The molecule has 0 aliphatic carbocycles. The van der Waals surface area contributed by atoms with Gasteiger partial charge in [0, 0.05) is 18.7 Å². The third-order valence-corrected chi connectivity index (χ3v) is 4.12. The second-order valence-corrected chi connectivity index (χ2v) is 6.24. The number of anilines is 1. The molecule has 0 radical (unpaired) electrons. The number of nitrogens with one attached hydrogen (secondary N) is 2. The number of carbonyl (C=O) groups excluding carboxylic acids is 1. The van der Waals surface area contributed by atoms with Crippen LogP contribution in [0.3, 0.4) is 0 Å². The molecule has 0 fully saturated rings. The van der Waals surface area contributed by atoms with E-state index in [0.29, 0.717) is 11.3 Å². The highest BCUT2D eigenvalue weighted by atomic mass is 16.2. The normalized spacial score (nSPS) is 14.1. The Morgan fingerprint density at radius 3 is 2.96 bits per heavy atom. The van der Waals surface area contributed by atoms with Gasteiger partial charge in [-0.1, -0.05) is 19.9 Å². The van der Waals surface area contributed by atoms with Crippen LogP contribution < -0.4 is 10.6 Å². The van der Waals surface area contributed by atoms with Gasteiger partial charge in [-0.05, 0) is 30.5 Å². The summed E-state index contributed by atoms with van der Waals surface area (Å²) in [6.45, 7) is 4.98. The van der Waals surface area contributed by atoms with Gasteiger partial charge in [-0.3, -0.25) is 0 Å². The molecule has 1 aromatic heterocycles. The van der Waals surface area contributed by atoms with Gasteiger partial charge in [-0.25, -0.2) is 4.79 Å². The van der Waals surface area contributed by atoms with Crippen LogP contribution in [0.1, 0.15) is 43.5 Å². The quantitative estimate of drug-likeness (QED) is 0.903. The van der Waals surface area contributed by atoms with Crippen molar-refractivity contribution in [1.29, 1.82) is 5.26 Å². The van der Waals surface area contributed by atoms with Crippen molar-refractivity contribution in [2.75, 3.05) is 5.32 Å². The number of rotatable bonds is 4. The van der Waals surface area contributed by atoms with Gasteiger partial charge in [-0.15, -0.1) is 10.2 Å². The lowest BCUT2D eigenvalue weighted by Crippen LogP contribution is -2.36. The number of hydrogen-bond acceptors (Lipinski definition) is 4. The van der Waals surface area contributed by atoms with Crippen molar-refractivity contribution in [1.82, 2.24) is 20.1 Å². The number of carbonyl (C=O) groups is 1. The van der Waals surface area contributed by atoms with Gasteiger partial charge >= 0.3 is 6.03 Å². The molecule has 3 rings (SSSR count). The van der Waals surface area contributed by atoms with Gasteiger partial charge in [0.25, 0.3) is 0 Å². The maximum Gasteiger partial charge on any atom is 0.319 e. The molecule has 2 N–H and O–H groups in total. The summed E-state index contributed by atoms with van der Waals surface area (Å²) in [6, 6.07) is 8.33. The van der Waals surface area contributed by atoms with Crippen LogP contribution in [0.15, 0.2) is 24.3 Å². The zero-order valence-electron chi connectivity index (χ0n) is 13.8. The van der Waals surface area contributed by atoms with Crippen molar-refractivity contribution in [3.8, 4) is 6.07 Å². The summed E-state index contributed by atoms with van der Waals surface area (Å²) in [5.74, 6) is 1.97. The molecular formula is C17H20N6O. The molecule has 0 saturated carbocycles. The smallest absolute Gasteiger partial charge is 0.319 e. The summed E-state index contributed by atoms with van der Waals surface area (Å²) in [5.41, 5.74) is 1.09. The molecule has 7 heteroatoms. The Balaban J connectivity index is 1.73. The highest BCUT2D eigenvalue weighted by Gasteiger charge is 2.27. The topological polar surface area (TPSA) is 95.6 Å². The lowest BCUT2D eigenvalue weighted by molar-refractivity contribution is 0.243. The van der Waals surface area contributed by atoms with E-state index in [4.69, 9.17) is 5.26 Å². The van der Waals surface area contributed by atoms with Gasteiger partial charge in [0.15, 0.2) is 5.82 Å². The number of urea groups is 1. The molecule has 0 saturated heterocycles. The van der Waals surface area contributed by atoms with E-state index in [1.807, 2.05) is 13.8 Å². The number of hydrogen-bond donors (Lipinski definition) is 2. The molecule has 0 spiro atoms. The van der Waals surface area contributed by atoms with Crippen LogP contribution in [0.2, 0.25) is 0 Å². The molecule has 1 aromatic carbocycles. The summed E-state index contributed by atoms with van der Waals surface area (Å²) >= 11 is 0. The highest BCUT2D eigenvalue weighted by Crippen LogP contribution is 2.24. The summed E-state index contributed by atoms with van der Waals surface area (Å²) in [7, 11) is 0. The zero-order valence-corrected chi connectivity index (χ0v) is 13.8. The second-order valence-electron chi connectivity index (χ2n) is 6.24. The summed E-state index contributed by atoms with van der Waals surface area (Å²) in [5, 5.41) is 23.2. The number of benzene rings is 1. The van der Waals surface area contributed by atoms with Crippen molar-refractivity contribution in [3.63, 3.8) is 0 Å². The van der Waals surface area contributed by atoms with E-state index in [-0.39, 0.29) is 18.0 Å². The van der Waals surface area contributed by atoms with E-state index < -0.39 is 0 Å². The van der Waals surface area contributed by atoms with Crippen LogP contribution in [-0.4, -0.2) is 20.8 Å². The molecule has 124 valence electrons. The SMILES string of the molecule is CC(C)[C@H](NC(=O)Nc1cccc(C#N)c1)c1nnc2n1CCC2. The van der Waals surface area contributed by atoms with E-state index in [9.17, 15) is 4.79 Å². The molecular weight excluding hydrogens is 304 g/mol. The van der Waals surface area contributed by atoms with Crippen LogP contribution >= 0.6 is 0 Å². The molecule has 0 bridgehead atoms. The maximum absolute atomic E-state index is 12.4. The van der Waals surface area contributed by atoms with Gasteiger partial charge in [0.05, 0.1) is 17.7 Å². The number of aromatic nitrogens is 3. The highest BCUT2D eigenvalue weighted by molar-refractivity contribution is 5.89. The van der Waals surface area contributed by atoms with E-state index in [0.717, 1.165) is 31.0 Å². The van der Waals surface area contributed by atoms with Crippen molar-refractivity contribution in [3.05, 3.63) is 41.5 Å². The van der Waals surface area contributed by atoms with Gasteiger partial charge in [0.2, 0.25) is 0 Å². The van der Waals surface area contributed by atoms with Crippen LogP contribution in [0.4, 0.5) is 10.5 Å². The third-order valence-electron chi connectivity index (χ3n) is 4.12. The van der Waals surface area contributed by atoms with E-state index in [2.05, 4.69) is 31.5 Å². The lowest BCUT2D eigenvalue weighted by atomic mass is 10.0. The second kappa shape index (κ2) is 6.71. The first-order chi connectivity index (χ1) is 11.6. The maximum atomic E-state index is 12.4. The predicted molar refractivity (Wildman–Crippen MR) is 89.2 cm³/mol. The molecule has 7 nitrogen and oxygen atoms in total. The fourth-order valence-electron chi connectivity index (χ4n) is 2.91. The summed E-state index contributed by atoms with van der Waals surface area (Å²) in [6.07, 6.45) is 2.00. The van der Waals surface area contributed by atoms with Crippen LogP contribution in [-0.2, 0) is 13.0 Å². The minimum Gasteiger partial charge on any atom is -0.328 e. The predicted octanol–water partition coefficient (Wildman–Crippen LogP) is 2.61. The summed E-state index contributed by atoms with van der Waals surface area (Å²) in [4.78, 5) is 12.4. The Morgan fingerprint density at radius 1 is 1.38 bits per heavy atom. The number of nitrogens with zero attached hydrogens (tertiary/aromatic N) is 4. The van der Waals surface area contributed by atoms with Crippen molar-refractivity contribution >= 4 is 11.7 Å². The standard InChI is InChI=1S/C17H20N6O/c1-11(2)15(16-22-21-14-7-4-8-23(14)16)20-17(24)19-13-6-3-5-12(9-13)10-18/h3,5-6,9,11,15H,4,7-8H2,1-2H3,(H2,19,20,24)/t15-/m0/s1. The van der Waals surface area contributed by atoms with Crippen LogP contribution in [0, 0.1) is 17.2 Å². The molecule has 2 heterocycles. The molecule has 0 unspecified atom stereocenters. The molecule has 1 atom stereocenters. The molecule has 1 aliphatic rings. The van der Waals surface area contributed by atoms with Gasteiger partial charge in [0.1, 0.15) is 5.82 Å². The third kappa shape index (κ3) is 3.23. The fraction of sp³-hybridized carbons (Fsp3) is 0.412. The number of amides is 2. The van der Waals surface area contributed by atoms with E-state index >= 15 is 0 Å². The zero-order chi connectivity index (χ0) is 17.1. The van der Waals surface area contributed by atoms with E-state index in [1.54, 1.807) is 24.3 Å². The van der Waals surface area contributed by atoms with Crippen molar-refractivity contribution < 1.29 is 4.79 Å². The van der Waals surface area contributed by atoms with Crippen LogP contribution in [0.5, 0.6) is 0 Å². The first kappa shape index (κ1) is 16.0. The average molecular weight is 324 g/mol. The van der Waals surface area contributed by atoms with Gasteiger partial charge in [-0.2, -0.15) is 5.26 Å². The largest absolute Gasteiger partial charge is 0.328 e. The monoisotopic (exact) mass is 324 g/mol. The number of aryl methyl sites for hydroxylation is 1. The molecule has 2 amide bonds. The first-order valence-electron chi connectivity index (χ1n) is 8.08. The van der Waals surface area contributed by atoms with Gasteiger partial charge < -0.3 is 15.2 Å². The number of fused-ring (bicyclic) bond motifs is 1. The average Bonchev–Trinajstić information content (AvgIpc) is 3.16. The van der Waals surface area contributed by atoms with E-state index in [1.165, 1.54) is 0 Å². The Labute approximate surface area is 140 Å². The minimum atomic E-state index is -0.320. The Bertz CT molecular complexity index is 789. The fourth-order valence-corrected chi connectivity index (χ4v) is 2.91. The van der Waals surface area contributed by atoms with Crippen molar-refractivity contribution in [2.45, 2.75) is 39.3 Å². The first-order valence-corrected chi connectivity index (χ1v) is 8.08. The van der Waals surface area contributed by atoms with Crippen LogP contribution in [0.25, 0.3) is 0 Å². The Morgan fingerprint density at radius 2 is 2.21 bits per heavy atom. The summed E-state index contributed by atoms with van der Waals surface area (Å²) < 4.78 is 2.10. The molecule has 1 aliphatic heterocycles. The minimum absolute atomic E-state index is 0.176. The Hall–Kier alpha value is -2.88. The molecule has 2 aromatic rings. The van der Waals surface area contributed by atoms with Crippen molar-refractivity contribution in [2.24, 2.45) is 5.92 Å². The Kier molecular flexibility index (Phi) is 4.47.